The molecule has 0 spiro atoms. The average molecular weight is 526 g/mol. The SMILES string of the molecule is COCCOCCOCCC(=O)Oc1ccc(CC(=O)N/C=C/c2ccc(C(F)(F)F)cc2)cc1OC. The molecule has 0 saturated heterocycles. The zero-order valence-corrected chi connectivity index (χ0v) is 20.6. The third-order valence-corrected chi connectivity index (χ3v) is 4.83. The fourth-order valence-corrected chi connectivity index (χ4v) is 2.95. The van der Waals surface area contributed by atoms with E-state index in [4.69, 9.17) is 23.7 Å². The number of alkyl halides is 3. The van der Waals surface area contributed by atoms with Crippen LogP contribution < -0.4 is 14.8 Å². The summed E-state index contributed by atoms with van der Waals surface area (Å²) in [5.41, 5.74) is 0.362. The Hall–Kier alpha value is -3.41. The minimum absolute atomic E-state index is 0.00221. The number of nitrogens with one attached hydrogen (secondary N) is 1. The number of methoxy groups -OCH3 is 2. The number of esters is 1. The summed E-state index contributed by atoms with van der Waals surface area (Å²) in [5, 5.41) is 2.56. The molecule has 1 amide bonds. The number of amides is 1. The number of hydrogen-bond donors (Lipinski definition) is 1. The van der Waals surface area contributed by atoms with Gasteiger partial charge in [0.15, 0.2) is 11.5 Å². The zero-order valence-electron chi connectivity index (χ0n) is 20.6. The van der Waals surface area contributed by atoms with Crippen molar-refractivity contribution in [1.29, 1.82) is 0 Å². The van der Waals surface area contributed by atoms with Gasteiger partial charge in [-0.3, -0.25) is 9.59 Å². The predicted octanol–water partition coefficient (Wildman–Crippen LogP) is 4.02. The minimum atomic E-state index is -4.40. The van der Waals surface area contributed by atoms with Crippen molar-refractivity contribution in [2.24, 2.45) is 0 Å². The topological polar surface area (TPSA) is 92.3 Å². The summed E-state index contributed by atoms with van der Waals surface area (Å²) in [6, 6.07) is 9.28. The van der Waals surface area contributed by atoms with Crippen LogP contribution in [0.25, 0.3) is 6.08 Å². The zero-order chi connectivity index (χ0) is 27.1. The Morgan fingerprint density at radius 1 is 0.892 bits per heavy atom. The summed E-state index contributed by atoms with van der Waals surface area (Å²) in [5.74, 6) is -0.357. The number of rotatable bonds is 15. The molecule has 202 valence electrons. The van der Waals surface area contributed by atoms with Crippen LogP contribution in [0.5, 0.6) is 11.5 Å². The van der Waals surface area contributed by atoms with Crippen molar-refractivity contribution in [3.05, 3.63) is 65.4 Å². The summed E-state index contributed by atoms with van der Waals surface area (Å²) >= 11 is 0. The van der Waals surface area contributed by atoms with E-state index in [0.717, 1.165) is 12.1 Å². The molecule has 1 N–H and O–H groups in total. The standard InChI is InChI=1S/C26H30F3NO7/c1-33-13-14-36-16-15-35-12-10-25(32)37-22-8-5-20(17-23(22)34-2)18-24(31)30-11-9-19-3-6-21(7-4-19)26(27,28)29/h3-9,11,17H,10,12-16,18H2,1-2H3,(H,30,31)/b11-9+. The van der Waals surface area contributed by atoms with Crippen LogP contribution in [0.1, 0.15) is 23.1 Å². The van der Waals surface area contributed by atoms with Crippen LogP contribution in [0.2, 0.25) is 0 Å². The summed E-state index contributed by atoms with van der Waals surface area (Å²) in [7, 11) is 3.00. The second-order valence-corrected chi connectivity index (χ2v) is 7.62. The van der Waals surface area contributed by atoms with Crippen molar-refractivity contribution >= 4 is 18.0 Å². The molecule has 0 aromatic heterocycles. The van der Waals surface area contributed by atoms with Gasteiger partial charge in [0.25, 0.3) is 0 Å². The minimum Gasteiger partial charge on any atom is -0.493 e. The molecule has 2 rings (SSSR count). The largest absolute Gasteiger partial charge is 0.493 e. The van der Waals surface area contributed by atoms with E-state index in [0.29, 0.717) is 37.6 Å². The third kappa shape index (κ3) is 11.5. The lowest BCUT2D eigenvalue weighted by atomic mass is 10.1. The third-order valence-electron chi connectivity index (χ3n) is 4.83. The quantitative estimate of drug-likeness (QED) is 0.213. The maximum absolute atomic E-state index is 12.6. The Morgan fingerprint density at radius 3 is 2.22 bits per heavy atom. The van der Waals surface area contributed by atoms with Crippen LogP contribution in [0, 0.1) is 0 Å². The molecule has 0 aliphatic heterocycles. The lowest BCUT2D eigenvalue weighted by molar-refractivity contribution is -0.138. The molecule has 0 radical (unpaired) electrons. The van der Waals surface area contributed by atoms with E-state index < -0.39 is 17.7 Å². The average Bonchev–Trinajstić information content (AvgIpc) is 2.86. The Bertz CT molecular complexity index is 1020. The number of ether oxygens (including phenoxy) is 5. The Kier molecular flexibility index (Phi) is 12.6. The highest BCUT2D eigenvalue weighted by Crippen LogP contribution is 2.30. The predicted molar refractivity (Wildman–Crippen MR) is 129 cm³/mol. The first-order chi connectivity index (χ1) is 17.7. The highest BCUT2D eigenvalue weighted by atomic mass is 19.4. The van der Waals surface area contributed by atoms with Gasteiger partial charge in [0.1, 0.15) is 0 Å². The molecule has 2 aromatic carbocycles. The van der Waals surface area contributed by atoms with E-state index in [1.54, 1.807) is 19.2 Å². The monoisotopic (exact) mass is 525 g/mol. The molecular weight excluding hydrogens is 495 g/mol. The Morgan fingerprint density at radius 2 is 1.57 bits per heavy atom. The van der Waals surface area contributed by atoms with Gasteiger partial charge in [-0.05, 0) is 41.5 Å². The lowest BCUT2D eigenvalue weighted by Crippen LogP contribution is -2.19. The van der Waals surface area contributed by atoms with Gasteiger partial charge in [0.2, 0.25) is 5.91 Å². The number of benzene rings is 2. The van der Waals surface area contributed by atoms with Crippen LogP contribution in [-0.2, 0) is 36.4 Å². The highest BCUT2D eigenvalue weighted by Gasteiger charge is 2.29. The van der Waals surface area contributed by atoms with E-state index >= 15 is 0 Å². The van der Waals surface area contributed by atoms with Gasteiger partial charge < -0.3 is 29.0 Å². The maximum atomic E-state index is 12.6. The molecule has 0 unspecified atom stereocenters. The van der Waals surface area contributed by atoms with Gasteiger partial charge in [-0.25, -0.2) is 0 Å². The van der Waals surface area contributed by atoms with E-state index in [-0.39, 0.29) is 36.9 Å². The van der Waals surface area contributed by atoms with Gasteiger partial charge in [-0.2, -0.15) is 13.2 Å². The summed E-state index contributed by atoms with van der Waals surface area (Å²) in [4.78, 5) is 24.3. The second kappa shape index (κ2) is 15.6. The molecule has 2 aromatic rings. The summed E-state index contributed by atoms with van der Waals surface area (Å²) in [6.45, 7) is 1.88. The van der Waals surface area contributed by atoms with Gasteiger partial charge in [-0.15, -0.1) is 0 Å². The Balaban J connectivity index is 1.78. The van der Waals surface area contributed by atoms with E-state index in [1.165, 1.54) is 37.6 Å². The molecule has 8 nitrogen and oxygen atoms in total. The second-order valence-electron chi connectivity index (χ2n) is 7.62. The molecule has 0 bridgehead atoms. The summed E-state index contributed by atoms with van der Waals surface area (Å²) < 4.78 is 63.9. The lowest BCUT2D eigenvalue weighted by Gasteiger charge is -2.11. The van der Waals surface area contributed by atoms with E-state index in [2.05, 4.69) is 5.32 Å². The first kappa shape index (κ1) is 29.8. The maximum Gasteiger partial charge on any atom is 0.416 e. The number of carbonyl (C=O) groups excluding carboxylic acids is 2. The van der Waals surface area contributed by atoms with Crippen molar-refractivity contribution in [2.45, 2.75) is 19.0 Å². The van der Waals surface area contributed by atoms with Crippen molar-refractivity contribution in [3.8, 4) is 11.5 Å². The van der Waals surface area contributed by atoms with Gasteiger partial charge >= 0.3 is 12.1 Å². The number of carbonyl (C=O) groups is 2. The van der Waals surface area contributed by atoms with Crippen LogP contribution in [-0.4, -0.2) is 59.1 Å². The molecule has 0 aliphatic carbocycles. The normalized spacial score (nSPS) is 11.5. The summed E-state index contributed by atoms with van der Waals surface area (Å²) in [6.07, 6.45) is -1.52. The molecule has 0 aliphatic rings. The van der Waals surface area contributed by atoms with Crippen molar-refractivity contribution in [2.75, 3.05) is 47.3 Å². The molecule has 37 heavy (non-hydrogen) atoms. The molecule has 11 heteroatoms. The molecule has 0 atom stereocenters. The van der Waals surface area contributed by atoms with Crippen LogP contribution in [0.4, 0.5) is 13.2 Å². The molecular formula is C26H30F3NO7. The Labute approximate surface area is 213 Å². The molecule has 0 fully saturated rings. The van der Waals surface area contributed by atoms with E-state index in [1.807, 2.05) is 0 Å². The number of halogens is 3. The van der Waals surface area contributed by atoms with Crippen LogP contribution in [0.15, 0.2) is 48.7 Å². The van der Waals surface area contributed by atoms with Gasteiger partial charge in [0, 0.05) is 13.3 Å². The first-order valence-corrected chi connectivity index (χ1v) is 11.4. The number of hydrogen-bond acceptors (Lipinski definition) is 7. The van der Waals surface area contributed by atoms with Crippen LogP contribution >= 0.6 is 0 Å². The fraction of sp³-hybridized carbons (Fsp3) is 0.385. The highest BCUT2D eigenvalue weighted by molar-refractivity contribution is 5.80. The fourth-order valence-electron chi connectivity index (χ4n) is 2.95. The van der Waals surface area contributed by atoms with Gasteiger partial charge in [0.05, 0.1) is 58.5 Å². The van der Waals surface area contributed by atoms with Gasteiger partial charge in [-0.1, -0.05) is 18.2 Å². The van der Waals surface area contributed by atoms with Crippen molar-refractivity contribution in [1.82, 2.24) is 5.32 Å². The molecule has 0 saturated carbocycles. The van der Waals surface area contributed by atoms with Crippen molar-refractivity contribution in [3.63, 3.8) is 0 Å². The van der Waals surface area contributed by atoms with E-state index in [9.17, 15) is 22.8 Å². The van der Waals surface area contributed by atoms with Crippen LogP contribution in [0.3, 0.4) is 0 Å². The smallest absolute Gasteiger partial charge is 0.416 e. The molecule has 0 heterocycles. The van der Waals surface area contributed by atoms with Crippen molar-refractivity contribution < 1.29 is 46.4 Å². The first-order valence-electron chi connectivity index (χ1n) is 11.4.